The molecule has 0 unspecified atom stereocenters. The smallest absolute Gasteiger partial charge is 0.319 e. The van der Waals surface area contributed by atoms with Gasteiger partial charge in [0.15, 0.2) is 0 Å². The van der Waals surface area contributed by atoms with Crippen molar-refractivity contribution in [3.63, 3.8) is 0 Å². The molecule has 2 aromatic rings. The summed E-state index contributed by atoms with van der Waals surface area (Å²) in [6.45, 7) is 2.31. The summed E-state index contributed by atoms with van der Waals surface area (Å²) >= 11 is 2.24. The molecule has 0 aliphatic carbocycles. The fourth-order valence-electron chi connectivity index (χ4n) is 1.99. The number of aliphatic hydroxyl groups excluding tert-OH is 1. The molecule has 0 saturated heterocycles. The van der Waals surface area contributed by atoms with E-state index in [2.05, 4.69) is 33.2 Å². The van der Waals surface area contributed by atoms with E-state index in [0.29, 0.717) is 6.54 Å². The number of carbonyl (C=O) groups excluding carboxylic acids is 1. The summed E-state index contributed by atoms with van der Waals surface area (Å²) in [5.74, 6) is 0. The molecule has 0 saturated carbocycles. The maximum absolute atomic E-state index is 11.9. The largest absolute Gasteiger partial charge is 0.392 e. The molecule has 0 spiro atoms. The van der Waals surface area contributed by atoms with Gasteiger partial charge >= 0.3 is 6.03 Å². The first-order valence-electron chi connectivity index (χ1n) is 6.59. The highest BCUT2D eigenvalue weighted by Crippen LogP contribution is 2.17. The van der Waals surface area contributed by atoms with E-state index >= 15 is 0 Å². The number of nitrogens with one attached hydrogen (secondary N) is 2. The molecular weight excluding hydrogens is 379 g/mol. The van der Waals surface area contributed by atoms with Crippen molar-refractivity contribution < 1.29 is 9.90 Å². The Labute approximate surface area is 137 Å². The Hall–Kier alpha value is -1.60. The number of anilines is 1. The molecule has 110 valence electrons. The molecule has 0 aromatic heterocycles. The highest BCUT2D eigenvalue weighted by atomic mass is 127. The molecule has 0 atom stereocenters. The van der Waals surface area contributed by atoms with E-state index in [1.807, 2.05) is 49.4 Å². The van der Waals surface area contributed by atoms with Crippen molar-refractivity contribution in [2.75, 3.05) is 5.32 Å². The predicted octanol–water partition coefficient (Wildman–Crippen LogP) is 3.41. The summed E-state index contributed by atoms with van der Waals surface area (Å²) in [4.78, 5) is 11.9. The van der Waals surface area contributed by atoms with Gasteiger partial charge < -0.3 is 15.7 Å². The molecule has 2 aromatic carbocycles. The van der Waals surface area contributed by atoms with E-state index in [1.54, 1.807) is 0 Å². The minimum atomic E-state index is -0.257. The molecule has 0 radical (unpaired) electrons. The predicted molar refractivity (Wildman–Crippen MR) is 92.1 cm³/mol. The maximum atomic E-state index is 11.9. The number of aliphatic hydroxyl groups is 1. The number of urea groups is 1. The fourth-order valence-corrected chi connectivity index (χ4v) is 2.64. The summed E-state index contributed by atoms with van der Waals surface area (Å²) in [5.41, 5.74) is 3.55. The van der Waals surface area contributed by atoms with Gasteiger partial charge in [0.1, 0.15) is 0 Å². The average Bonchev–Trinajstić information content (AvgIpc) is 2.48. The number of carbonyl (C=O) groups is 1. The van der Waals surface area contributed by atoms with Crippen LogP contribution in [0.1, 0.15) is 16.7 Å². The van der Waals surface area contributed by atoms with Crippen LogP contribution in [0.3, 0.4) is 0 Å². The Morgan fingerprint density at radius 1 is 1.19 bits per heavy atom. The zero-order valence-electron chi connectivity index (χ0n) is 11.7. The van der Waals surface area contributed by atoms with Gasteiger partial charge in [-0.15, -0.1) is 0 Å². The van der Waals surface area contributed by atoms with Crippen molar-refractivity contribution in [3.8, 4) is 0 Å². The molecule has 0 heterocycles. The molecule has 0 fully saturated rings. The number of benzene rings is 2. The standard InChI is InChI=1S/C16H17IN2O2/c1-11-8-14(17)6-7-15(11)19-16(21)18-9-12-4-2-3-5-13(12)10-20/h2-8,20H,9-10H2,1H3,(H2,18,19,21). The molecule has 2 amide bonds. The van der Waals surface area contributed by atoms with Crippen molar-refractivity contribution >= 4 is 34.3 Å². The number of hydrogen-bond acceptors (Lipinski definition) is 2. The van der Waals surface area contributed by atoms with Crippen LogP contribution >= 0.6 is 22.6 Å². The van der Waals surface area contributed by atoms with Gasteiger partial charge in [-0.2, -0.15) is 0 Å². The summed E-state index contributed by atoms with van der Waals surface area (Å²) in [6.07, 6.45) is 0. The van der Waals surface area contributed by atoms with Gasteiger partial charge in [-0.05, 0) is 64.4 Å². The van der Waals surface area contributed by atoms with Crippen LogP contribution in [0, 0.1) is 10.5 Å². The van der Waals surface area contributed by atoms with Crippen molar-refractivity contribution in [1.29, 1.82) is 0 Å². The van der Waals surface area contributed by atoms with Gasteiger partial charge in [-0.3, -0.25) is 0 Å². The van der Waals surface area contributed by atoms with E-state index < -0.39 is 0 Å². The van der Waals surface area contributed by atoms with Gasteiger partial charge in [0.2, 0.25) is 0 Å². The van der Waals surface area contributed by atoms with E-state index in [-0.39, 0.29) is 12.6 Å². The number of aryl methyl sites for hydroxylation is 1. The third-order valence-electron chi connectivity index (χ3n) is 3.16. The van der Waals surface area contributed by atoms with Crippen LogP contribution < -0.4 is 10.6 Å². The third-order valence-corrected chi connectivity index (χ3v) is 3.84. The van der Waals surface area contributed by atoms with Gasteiger partial charge in [-0.25, -0.2) is 4.79 Å². The Morgan fingerprint density at radius 2 is 1.90 bits per heavy atom. The van der Waals surface area contributed by atoms with E-state index in [9.17, 15) is 9.90 Å². The lowest BCUT2D eigenvalue weighted by Gasteiger charge is -2.11. The maximum Gasteiger partial charge on any atom is 0.319 e. The molecule has 0 aliphatic heterocycles. The van der Waals surface area contributed by atoms with Crippen molar-refractivity contribution in [3.05, 3.63) is 62.7 Å². The Morgan fingerprint density at radius 3 is 2.57 bits per heavy atom. The second-order valence-corrected chi connectivity index (χ2v) is 5.94. The quantitative estimate of drug-likeness (QED) is 0.694. The first-order chi connectivity index (χ1) is 10.1. The molecule has 3 N–H and O–H groups in total. The highest BCUT2D eigenvalue weighted by molar-refractivity contribution is 14.1. The summed E-state index contributed by atoms with van der Waals surface area (Å²) in [5, 5.41) is 14.9. The lowest BCUT2D eigenvalue weighted by molar-refractivity contribution is 0.251. The van der Waals surface area contributed by atoms with E-state index in [1.165, 1.54) is 0 Å². The molecular formula is C16H17IN2O2. The van der Waals surface area contributed by atoms with Crippen LogP contribution in [-0.2, 0) is 13.2 Å². The zero-order chi connectivity index (χ0) is 15.2. The van der Waals surface area contributed by atoms with Crippen molar-refractivity contribution in [2.45, 2.75) is 20.1 Å². The molecule has 21 heavy (non-hydrogen) atoms. The topological polar surface area (TPSA) is 61.4 Å². The van der Waals surface area contributed by atoms with Crippen LogP contribution in [0.25, 0.3) is 0 Å². The zero-order valence-corrected chi connectivity index (χ0v) is 13.8. The normalized spacial score (nSPS) is 10.2. The second kappa shape index (κ2) is 7.42. The number of amides is 2. The Kier molecular flexibility index (Phi) is 5.58. The van der Waals surface area contributed by atoms with Crippen LogP contribution in [0.5, 0.6) is 0 Å². The molecule has 4 nitrogen and oxygen atoms in total. The molecule has 0 aliphatic rings. The van der Waals surface area contributed by atoms with E-state index in [4.69, 9.17) is 0 Å². The summed E-state index contributed by atoms with van der Waals surface area (Å²) in [6, 6.07) is 13.1. The van der Waals surface area contributed by atoms with Gasteiger partial charge in [0, 0.05) is 15.8 Å². The Bertz CT molecular complexity index is 644. The lowest BCUT2D eigenvalue weighted by atomic mass is 10.1. The molecule has 2 rings (SSSR count). The van der Waals surface area contributed by atoms with Crippen LogP contribution in [-0.4, -0.2) is 11.1 Å². The monoisotopic (exact) mass is 396 g/mol. The number of hydrogen-bond donors (Lipinski definition) is 3. The first-order valence-corrected chi connectivity index (χ1v) is 7.66. The number of halogens is 1. The highest BCUT2D eigenvalue weighted by Gasteiger charge is 2.06. The summed E-state index contributed by atoms with van der Waals surface area (Å²) < 4.78 is 1.13. The molecule has 5 heteroatoms. The minimum Gasteiger partial charge on any atom is -0.392 e. The third kappa shape index (κ3) is 4.44. The minimum absolute atomic E-state index is 0.0320. The van der Waals surface area contributed by atoms with Crippen LogP contribution in [0.2, 0.25) is 0 Å². The molecule has 0 bridgehead atoms. The van der Waals surface area contributed by atoms with Crippen LogP contribution in [0.4, 0.5) is 10.5 Å². The fraction of sp³-hybridized carbons (Fsp3) is 0.188. The lowest BCUT2D eigenvalue weighted by Crippen LogP contribution is -2.28. The van der Waals surface area contributed by atoms with Crippen molar-refractivity contribution in [1.82, 2.24) is 5.32 Å². The van der Waals surface area contributed by atoms with Gasteiger partial charge in [0.25, 0.3) is 0 Å². The van der Waals surface area contributed by atoms with Crippen molar-refractivity contribution in [2.24, 2.45) is 0 Å². The summed E-state index contributed by atoms with van der Waals surface area (Å²) in [7, 11) is 0. The first kappa shape index (κ1) is 15.8. The average molecular weight is 396 g/mol. The van der Waals surface area contributed by atoms with E-state index in [0.717, 1.165) is 25.9 Å². The van der Waals surface area contributed by atoms with Crippen LogP contribution in [0.15, 0.2) is 42.5 Å². The van der Waals surface area contributed by atoms with Gasteiger partial charge in [-0.1, -0.05) is 24.3 Å². The SMILES string of the molecule is Cc1cc(I)ccc1NC(=O)NCc1ccccc1CO. The Balaban J connectivity index is 1.96. The second-order valence-electron chi connectivity index (χ2n) is 4.69. The number of rotatable bonds is 4. The van der Waals surface area contributed by atoms with Gasteiger partial charge in [0.05, 0.1) is 6.61 Å².